The highest BCUT2D eigenvalue weighted by molar-refractivity contribution is 5.94. The molecule has 112 valence electrons. The predicted octanol–water partition coefficient (Wildman–Crippen LogP) is 2.22. The van der Waals surface area contributed by atoms with Crippen LogP contribution in [0.15, 0.2) is 36.7 Å². The Morgan fingerprint density at radius 3 is 2.73 bits per heavy atom. The Morgan fingerprint density at radius 1 is 1.27 bits per heavy atom. The minimum absolute atomic E-state index is 0.183. The number of amides is 1. The van der Waals surface area contributed by atoms with Gasteiger partial charge < -0.3 is 10.6 Å². The van der Waals surface area contributed by atoms with Crippen molar-refractivity contribution < 1.29 is 4.79 Å². The van der Waals surface area contributed by atoms with Gasteiger partial charge in [-0.05, 0) is 19.1 Å². The second kappa shape index (κ2) is 7.74. The van der Waals surface area contributed by atoms with Crippen LogP contribution in [0.25, 0.3) is 11.3 Å². The number of anilines is 1. The maximum Gasteiger partial charge on any atom is 0.251 e. The van der Waals surface area contributed by atoms with Crippen molar-refractivity contribution in [2.75, 3.05) is 18.4 Å². The van der Waals surface area contributed by atoms with Gasteiger partial charge in [-0.1, -0.05) is 12.1 Å². The van der Waals surface area contributed by atoms with Gasteiger partial charge in [0.25, 0.3) is 5.91 Å². The Kier molecular flexibility index (Phi) is 5.44. The van der Waals surface area contributed by atoms with Crippen LogP contribution in [-0.4, -0.2) is 29.0 Å². The quantitative estimate of drug-likeness (QED) is 0.797. The number of aromatic nitrogens is 2. The van der Waals surface area contributed by atoms with E-state index in [9.17, 15) is 4.79 Å². The normalized spacial score (nSPS) is 9.82. The van der Waals surface area contributed by atoms with E-state index >= 15 is 0 Å². The molecule has 2 N–H and O–H groups in total. The smallest absolute Gasteiger partial charge is 0.251 e. The van der Waals surface area contributed by atoms with Crippen LogP contribution < -0.4 is 10.6 Å². The fourth-order valence-corrected chi connectivity index (χ4v) is 1.92. The number of carbonyl (C=O) groups excluding carboxylic acids is 1. The van der Waals surface area contributed by atoms with E-state index < -0.39 is 0 Å². The summed E-state index contributed by atoms with van der Waals surface area (Å²) in [5, 5.41) is 14.3. The van der Waals surface area contributed by atoms with Crippen LogP contribution in [0.3, 0.4) is 0 Å². The first-order valence-electron chi connectivity index (χ1n) is 7.06. The molecule has 0 fully saturated rings. The Morgan fingerprint density at radius 2 is 2.05 bits per heavy atom. The fourth-order valence-electron chi connectivity index (χ4n) is 1.92. The Labute approximate surface area is 129 Å². The third-order valence-electron chi connectivity index (χ3n) is 2.99. The second-order valence-electron chi connectivity index (χ2n) is 4.56. The van der Waals surface area contributed by atoms with Gasteiger partial charge >= 0.3 is 0 Å². The largest absolute Gasteiger partial charge is 0.370 e. The van der Waals surface area contributed by atoms with Crippen molar-refractivity contribution in [2.45, 2.75) is 13.3 Å². The maximum absolute atomic E-state index is 11.9. The van der Waals surface area contributed by atoms with Gasteiger partial charge in [0.15, 0.2) is 0 Å². The first kappa shape index (κ1) is 15.4. The fraction of sp³-hybridized carbons (Fsp3) is 0.250. The molecule has 1 amide bonds. The molecule has 0 radical (unpaired) electrons. The van der Waals surface area contributed by atoms with Crippen LogP contribution in [0.1, 0.15) is 23.7 Å². The third kappa shape index (κ3) is 4.03. The summed E-state index contributed by atoms with van der Waals surface area (Å²) < 4.78 is 0. The van der Waals surface area contributed by atoms with Crippen molar-refractivity contribution in [3.8, 4) is 17.3 Å². The van der Waals surface area contributed by atoms with E-state index in [1.54, 1.807) is 12.1 Å². The minimum atomic E-state index is -0.183. The highest BCUT2D eigenvalue weighted by atomic mass is 16.1. The summed E-state index contributed by atoms with van der Waals surface area (Å²) in [5.74, 6) is 0.587. The van der Waals surface area contributed by atoms with Crippen molar-refractivity contribution in [3.63, 3.8) is 0 Å². The second-order valence-corrected chi connectivity index (χ2v) is 4.56. The van der Waals surface area contributed by atoms with Gasteiger partial charge in [0.1, 0.15) is 12.1 Å². The van der Waals surface area contributed by atoms with Crippen LogP contribution in [0.4, 0.5) is 5.82 Å². The molecule has 1 aromatic carbocycles. The van der Waals surface area contributed by atoms with Crippen LogP contribution in [0.2, 0.25) is 0 Å². The summed E-state index contributed by atoms with van der Waals surface area (Å²) in [6.07, 6.45) is 1.81. The van der Waals surface area contributed by atoms with Crippen molar-refractivity contribution in [1.29, 1.82) is 5.26 Å². The zero-order valence-corrected chi connectivity index (χ0v) is 12.3. The topological polar surface area (TPSA) is 90.7 Å². The van der Waals surface area contributed by atoms with Gasteiger partial charge in [-0.2, -0.15) is 5.26 Å². The number of nitrogens with one attached hydrogen (secondary N) is 2. The molecule has 0 unspecified atom stereocenters. The summed E-state index contributed by atoms with van der Waals surface area (Å²) >= 11 is 0. The van der Waals surface area contributed by atoms with Crippen molar-refractivity contribution in [3.05, 3.63) is 42.2 Å². The minimum Gasteiger partial charge on any atom is -0.370 e. The van der Waals surface area contributed by atoms with Crippen molar-refractivity contribution in [2.24, 2.45) is 0 Å². The average molecular weight is 295 g/mol. The monoisotopic (exact) mass is 295 g/mol. The molecule has 0 aliphatic heterocycles. The van der Waals surface area contributed by atoms with E-state index in [4.69, 9.17) is 5.26 Å². The van der Waals surface area contributed by atoms with Gasteiger partial charge in [-0.25, -0.2) is 9.97 Å². The maximum atomic E-state index is 11.9. The molecule has 0 bridgehead atoms. The molecular weight excluding hydrogens is 278 g/mol. The zero-order valence-electron chi connectivity index (χ0n) is 12.3. The number of hydrogen-bond donors (Lipinski definition) is 2. The summed E-state index contributed by atoms with van der Waals surface area (Å²) in [5.41, 5.74) is 2.26. The molecule has 0 atom stereocenters. The molecule has 0 saturated heterocycles. The van der Waals surface area contributed by atoms with E-state index in [1.165, 1.54) is 6.33 Å². The number of nitrogens with zero attached hydrogens (tertiary/aromatic N) is 3. The summed E-state index contributed by atoms with van der Waals surface area (Å²) in [7, 11) is 0. The standard InChI is InChI=1S/C16H17N5O/c1-2-18-15-10-14(20-11-21-15)12-4-6-13(7-5-12)16(22)19-9-3-8-17/h4-7,10-11H,2-3,9H2,1H3,(H,19,22)(H,18,20,21). The zero-order chi connectivity index (χ0) is 15.8. The average Bonchev–Trinajstić information content (AvgIpc) is 2.56. The lowest BCUT2D eigenvalue weighted by Crippen LogP contribution is -2.24. The predicted molar refractivity (Wildman–Crippen MR) is 84.2 cm³/mol. The first-order chi connectivity index (χ1) is 10.7. The molecule has 2 aromatic rings. The van der Waals surface area contributed by atoms with Crippen LogP contribution in [0, 0.1) is 11.3 Å². The van der Waals surface area contributed by atoms with E-state index in [2.05, 4.69) is 20.6 Å². The molecule has 22 heavy (non-hydrogen) atoms. The number of nitriles is 1. The van der Waals surface area contributed by atoms with Gasteiger partial charge in [-0.3, -0.25) is 4.79 Å². The van der Waals surface area contributed by atoms with Crippen LogP contribution >= 0.6 is 0 Å². The van der Waals surface area contributed by atoms with Gasteiger partial charge in [0, 0.05) is 30.3 Å². The van der Waals surface area contributed by atoms with E-state index in [0.29, 0.717) is 18.5 Å². The summed E-state index contributed by atoms with van der Waals surface area (Å²) in [6.45, 7) is 3.15. The Balaban J connectivity index is 2.10. The molecule has 6 heteroatoms. The van der Waals surface area contributed by atoms with E-state index in [-0.39, 0.29) is 5.91 Å². The molecular formula is C16H17N5O. The van der Waals surface area contributed by atoms with Gasteiger partial charge in [-0.15, -0.1) is 0 Å². The molecule has 0 spiro atoms. The summed E-state index contributed by atoms with van der Waals surface area (Å²) in [4.78, 5) is 20.2. The Bertz CT molecular complexity index is 676. The number of carbonyl (C=O) groups is 1. The SMILES string of the molecule is CCNc1cc(-c2ccc(C(=O)NCCC#N)cc2)ncn1. The third-order valence-corrected chi connectivity index (χ3v) is 2.99. The summed E-state index contributed by atoms with van der Waals surface area (Å²) in [6, 6.07) is 11.0. The number of hydrogen-bond acceptors (Lipinski definition) is 5. The highest BCUT2D eigenvalue weighted by Gasteiger charge is 2.06. The molecule has 1 heterocycles. The first-order valence-corrected chi connectivity index (χ1v) is 7.06. The Hall–Kier alpha value is -2.94. The van der Waals surface area contributed by atoms with Gasteiger partial charge in [0.05, 0.1) is 18.2 Å². The van der Waals surface area contributed by atoms with Crippen molar-refractivity contribution >= 4 is 11.7 Å². The molecule has 0 aliphatic carbocycles. The van der Waals surface area contributed by atoms with E-state index in [0.717, 1.165) is 23.6 Å². The molecule has 0 saturated carbocycles. The lowest BCUT2D eigenvalue weighted by atomic mass is 10.1. The lowest BCUT2D eigenvalue weighted by Gasteiger charge is -2.06. The molecule has 1 aromatic heterocycles. The van der Waals surface area contributed by atoms with Crippen LogP contribution in [0.5, 0.6) is 0 Å². The highest BCUT2D eigenvalue weighted by Crippen LogP contribution is 2.19. The molecule has 0 aliphatic rings. The van der Waals surface area contributed by atoms with Gasteiger partial charge in [0.2, 0.25) is 0 Å². The number of rotatable bonds is 6. The lowest BCUT2D eigenvalue weighted by molar-refractivity contribution is 0.0954. The van der Waals surface area contributed by atoms with Crippen molar-refractivity contribution in [1.82, 2.24) is 15.3 Å². The molecule has 6 nitrogen and oxygen atoms in total. The van der Waals surface area contributed by atoms with E-state index in [1.807, 2.05) is 31.2 Å². The molecule has 2 rings (SSSR count). The number of benzene rings is 1. The van der Waals surface area contributed by atoms with Crippen LogP contribution in [-0.2, 0) is 0 Å².